The van der Waals surface area contributed by atoms with Crippen LogP contribution in [0.2, 0.25) is 0 Å². The summed E-state index contributed by atoms with van der Waals surface area (Å²) in [5.74, 6) is 0.560. The molecular weight excluding hydrogens is 376 g/mol. The van der Waals surface area contributed by atoms with Crippen LogP contribution in [0.5, 0.6) is 5.75 Å². The van der Waals surface area contributed by atoms with E-state index in [4.69, 9.17) is 14.2 Å². The maximum atomic E-state index is 12.3. The summed E-state index contributed by atoms with van der Waals surface area (Å²) in [5.41, 5.74) is 3.89. The quantitative estimate of drug-likeness (QED) is 0.487. The van der Waals surface area contributed by atoms with E-state index in [2.05, 4.69) is 0 Å². The van der Waals surface area contributed by atoms with Gasteiger partial charge in [0.05, 0.1) is 13.0 Å². The van der Waals surface area contributed by atoms with Crippen LogP contribution in [-0.2, 0) is 27.3 Å². The Labute approximate surface area is 177 Å². The Kier molecular flexibility index (Phi) is 6.78. The molecule has 4 nitrogen and oxygen atoms in total. The van der Waals surface area contributed by atoms with Crippen LogP contribution in [-0.4, -0.2) is 18.9 Å². The SMILES string of the molecule is O=C(Cc1cccc(-c2ccccc2OC2CCCCO2)c1)OCc1ccccc1. The lowest BCUT2D eigenvalue weighted by Gasteiger charge is -2.24. The predicted octanol–water partition coefficient (Wildman–Crippen LogP) is 5.54. The standard InChI is InChI=1S/C26H26O4/c27-25(29-19-20-9-2-1-3-10-20)18-21-11-8-12-22(17-21)23-13-4-5-14-24(23)30-26-15-6-7-16-28-26/h1-5,8-14,17,26H,6-7,15-16,18-19H2. The average Bonchev–Trinajstić information content (AvgIpc) is 2.80. The first kappa shape index (κ1) is 20.2. The van der Waals surface area contributed by atoms with E-state index in [1.165, 1.54) is 0 Å². The highest BCUT2D eigenvalue weighted by Crippen LogP contribution is 2.32. The van der Waals surface area contributed by atoms with Crippen LogP contribution in [0.3, 0.4) is 0 Å². The molecule has 0 bridgehead atoms. The number of ether oxygens (including phenoxy) is 3. The van der Waals surface area contributed by atoms with E-state index in [-0.39, 0.29) is 25.3 Å². The number of hydrogen-bond donors (Lipinski definition) is 0. The summed E-state index contributed by atoms with van der Waals surface area (Å²) >= 11 is 0. The summed E-state index contributed by atoms with van der Waals surface area (Å²) in [6, 6.07) is 25.6. The van der Waals surface area contributed by atoms with Gasteiger partial charge in [0, 0.05) is 12.0 Å². The van der Waals surface area contributed by atoms with Crippen molar-refractivity contribution >= 4 is 5.97 Å². The monoisotopic (exact) mass is 402 g/mol. The molecule has 0 radical (unpaired) electrons. The zero-order chi connectivity index (χ0) is 20.6. The summed E-state index contributed by atoms with van der Waals surface area (Å²) in [5, 5.41) is 0. The number of carbonyl (C=O) groups excluding carboxylic acids is 1. The molecule has 4 rings (SSSR count). The molecule has 1 heterocycles. The molecule has 0 spiro atoms. The third-order valence-corrected chi connectivity index (χ3v) is 5.11. The molecule has 1 saturated heterocycles. The van der Waals surface area contributed by atoms with E-state index >= 15 is 0 Å². The molecule has 154 valence electrons. The van der Waals surface area contributed by atoms with Gasteiger partial charge in [-0.2, -0.15) is 0 Å². The topological polar surface area (TPSA) is 44.8 Å². The number of para-hydroxylation sites is 1. The van der Waals surface area contributed by atoms with Gasteiger partial charge >= 0.3 is 5.97 Å². The zero-order valence-electron chi connectivity index (χ0n) is 17.0. The van der Waals surface area contributed by atoms with E-state index in [0.717, 1.165) is 53.9 Å². The smallest absolute Gasteiger partial charge is 0.310 e. The Morgan fingerprint density at radius 2 is 1.70 bits per heavy atom. The molecule has 3 aromatic rings. The third-order valence-electron chi connectivity index (χ3n) is 5.11. The molecular formula is C26H26O4. The molecule has 1 aliphatic rings. The van der Waals surface area contributed by atoms with Gasteiger partial charge in [0.2, 0.25) is 0 Å². The lowest BCUT2D eigenvalue weighted by atomic mass is 10.0. The Morgan fingerprint density at radius 3 is 2.53 bits per heavy atom. The minimum absolute atomic E-state index is 0.198. The number of hydrogen-bond acceptors (Lipinski definition) is 4. The number of benzene rings is 3. The van der Waals surface area contributed by atoms with Crippen molar-refractivity contribution in [1.29, 1.82) is 0 Å². The minimum Gasteiger partial charge on any atom is -0.464 e. The van der Waals surface area contributed by atoms with E-state index in [1.54, 1.807) is 0 Å². The summed E-state index contributed by atoms with van der Waals surface area (Å²) in [4.78, 5) is 12.3. The van der Waals surface area contributed by atoms with Crippen LogP contribution >= 0.6 is 0 Å². The summed E-state index contributed by atoms with van der Waals surface area (Å²) < 4.78 is 17.3. The van der Waals surface area contributed by atoms with Crippen molar-refractivity contribution in [2.45, 2.75) is 38.6 Å². The first-order chi connectivity index (χ1) is 14.8. The molecule has 4 heteroatoms. The molecule has 3 aromatic carbocycles. The van der Waals surface area contributed by atoms with Crippen LogP contribution in [0, 0.1) is 0 Å². The Morgan fingerprint density at radius 1 is 0.900 bits per heavy atom. The fourth-order valence-electron chi connectivity index (χ4n) is 3.56. The molecule has 0 amide bonds. The number of carbonyl (C=O) groups is 1. The minimum atomic E-state index is -0.240. The highest BCUT2D eigenvalue weighted by Gasteiger charge is 2.17. The van der Waals surface area contributed by atoms with Crippen molar-refractivity contribution in [3.05, 3.63) is 90.0 Å². The zero-order valence-corrected chi connectivity index (χ0v) is 17.0. The highest BCUT2D eigenvalue weighted by molar-refractivity contribution is 5.75. The number of rotatable bonds is 7. The van der Waals surface area contributed by atoms with Crippen molar-refractivity contribution < 1.29 is 19.0 Å². The molecule has 1 aliphatic heterocycles. The van der Waals surface area contributed by atoms with E-state index < -0.39 is 0 Å². The van der Waals surface area contributed by atoms with Gasteiger partial charge < -0.3 is 14.2 Å². The lowest BCUT2D eigenvalue weighted by molar-refractivity contribution is -0.144. The van der Waals surface area contributed by atoms with E-state index in [0.29, 0.717) is 0 Å². The van der Waals surface area contributed by atoms with Crippen molar-refractivity contribution in [3.63, 3.8) is 0 Å². The van der Waals surface area contributed by atoms with Crippen LogP contribution in [0.25, 0.3) is 11.1 Å². The van der Waals surface area contributed by atoms with Gasteiger partial charge in [-0.1, -0.05) is 72.8 Å². The van der Waals surface area contributed by atoms with E-state index in [9.17, 15) is 4.79 Å². The van der Waals surface area contributed by atoms with Gasteiger partial charge in [-0.15, -0.1) is 0 Å². The van der Waals surface area contributed by atoms with Gasteiger partial charge in [0.15, 0.2) is 6.29 Å². The fourth-order valence-corrected chi connectivity index (χ4v) is 3.56. The van der Waals surface area contributed by atoms with Crippen molar-refractivity contribution in [2.75, 3.05) is 6.61 Å². The van der Waals surface area contributed by atoms with Gasteiger partial charge in [-0.05, 0) is 35.6 Å². The molecule has 0 aromatic heterocycles. The molecule has 0 N–H and O–H groups in total. The predicted molar refractivity (Wildman–Crippen MR) is 116 cm³/mol. The van der Waals surface area contributed by atoms with Crippen LogP contribution < -0.4 is 4.74 Å². The van der Waals surface area contributed by atoms with Crippen molar-refractivity contribution in [3.8, 4) is 16.9 Å². The second-order valence-electron chi connectivity index (χ2n) is 7.43. The maximum Gasteiger partial charge on any atom is 0.310 e. The molecule has 0 aliphatic carbocycles. The third kappa shape index (κ3) is 5.49. The summed E-state index contributed by atoms with van der Waals surface area (Å²) in [6.07, 6.45) is 3.14. The van der Waals surface area contributed by atoms with Crippen molar-refractivity contribution in [2.24, 2.45) is 0 Å². The highest BCUT2D eigenvalue weighted by atomic mass is 16.7. The summed E-state index contributed by atoms with van der Waals surface area (Å²) in [7, 11) is 0. The van der Waals surface area contributed by atoms with Gasteiger partial charge in [0.1, 0.15) is 12.4 Å². The second-order valence-corrected chi connectivity index (χ2v) is 7.43. The molecule has 1 unspecified atom stereocenters. The molecule has 1 atom stereocenters. The fraction of sp³-hybridized carbons (Fsp3) is 0.269. The summed E-state index contributed by atoms with van der Waals surface area (Å²) in [6.45, 7) is 1.03. The van der Waals surface area contributed by atoms with Crippen molar-refractivity contribution in [1.82, 2.24) is 0 Å². The average molecular weight is 402 g/mol. The number of esters is 1. The molecule has 0 saturated carbocycles. The Balaban J connectivity index is 1.43. The van der Waals surface area contributed by atoms with Gasteiger partial charge in [-0.3, -0.25) is 4.79 Å². The van der Waals surface area contributed by atoms with Gasteiger partial charge in [0.25, 0.3) is 0 Å². The van der Waals surface area contributed by atoms with Crippen LogP contribution in [0.1, 0.15) is 30.4 Å². The van der Waals surface area contributed by atoms with Crippen LogP contribution in [0.4, 0.5) is 0 Å². The largest absolute Gasteiger partial charge is 0.464 e. The first-order valence-corrected chi connectivity index (χ1v) is 10.4. The Hall–Kier alpha value is -3.11. The normalized spacial score (nSPS) is 16.1. The molecule has 30 heavy (non-hydrogen) atoms. The lowest BCUT2D eigenvalue weighted by Crippen LogP contribution is -2.25. The van der Waals surface area contributed by atoms with Gasteiger partial charge in [-0.25, -0.2) is 0 Å². The Bertz CT molecular complexity index is 962. The molecule has 1 fully saturated rings. The van der Waals surface area contributed by atoms with Crippen LogP contribution in [0.15, 0.2) is 78.9 Å². The van der Waals surface area contributed by atoms with E-state index in [1.807, 2.05) is 78.9 Å². The maximum absolute atomic E-state index is 12.3. The second kappa shape index (κ2) is 10.1. The first-order valence-electron chi connectivity index (χ1n) is 10.4.